The molecule has 3 heteroatoms. The first-order chi connectivity index (χ1) is 2.77. The smallest absolute Gasteiger partial charge is 0.0784 e. The van der Waals surface area contributed by atoms with E-state index in [1.54, 1.807) is 13.2 Å². The Morgan fingerprint density at radius 1 is 2.00 bits per heavy atom. The Labute approximate surface area is 42.8 Å². The molecule has 0 saturated carbocycles. The van der Waals surface area contributed by atoms with E-state index in [9.17, 15) is 0 Å². The molecule has 2 nitrogen and oxygen atoms in total. The summed E-state index contributed by atoms with van der Waals surface area (Å²) in [6, 6.07) is 0. The van der Waals surface area contributed by atoms with E-state index in [-0.39, 0.29) is 0 Å². The maximum atomic E-state index is 5.07. The average Bonchev–Trinajstić information content (AvgIpc) is 1.35. The lowest BCUT2D eigenvalue weighted by atomic mass is 10.9. The first-order valence-corrected chi connectivity index (χ1v) is 2.04. The molecule has 0 rings (SSSR count). The Bertz CT molecular complexity index is 55.8. The average molecular weight is 104 g/mol. The van der Waals surface area contributed by atoms with Gasteiger partial charge in [-0.05, 0) is 0 Å². The molecule has 0 atom stereocenters. The molecule has 0 aliphatic rings. The lowest BCUT2D eigenvalue weighted by Crippen LogP contribution is -1.98. The molecule has 3 N–H and O–H groups in total. The maximum Gasteiger partial charge on any atom is 0.0784 e. The normalized spacial score (nSPS) is 11.3. The first-order valence-electron chi connectivity index (χ1n) is 1.59. The molecule has 0 fully saturated rings. The lowest BCUT2D eigenvalue weighted by Gasteiger charge is -1.84. The van der Waals surface area contributed by atoms with E-state index in [2.05, 4.69) is 17.9 Å². The SMILES string of the molecule is CN/C=C(\N)S. The summed E-state index contributed by atoms with van der Waals surface area (Å²) in [5.74, 6) is 0. The number of hydrogen-bond acceptors (Lipinski definition) is 3. The highest BCUT2D eigenvalue weighted by atomic mass is 32.1. The molecular formula is C3H8N2S. The molecule has 0 aromatic heterocycles. The highest BCUT2D eigenvalue weighted by molar-refractivity contribution is 7.84. The van der Waals surface area contributed by atoms with E-state index >= 15 is 0 Å². The Morgan fingerprint density at radius 3 is 2.50 bits per heavy atom. The Morgan fingerprint density at radius 2 is 2.50 bits per heavy atom. The molecule has 0 aromatic carbocycles. The predicted octanol–water partition coefficient (Wildman–Crippen LogP) is -0.107. The minimum Gasteiger partial charge on any atom is -0.393 e. The Hall–Kier alpha value is -0.310. The van der Waals surface area contributed by atoms with Gasteiger partial charge in [0.2, 0.25) is 0 Å². The van der Waals surface area contributed by atoms with Crippen molar-refractivity contribution in [3.63, 3.8) is 0 Å². The Kier molecular flexibility index (Phi) is 2.75. The zero-order valence-electron chi connectivity index (χ0n) is 3.60. The van der Waals surface area contributed by atoms with Gasteiger partial charge >= 0.3 is 0 Å². The summed E-state index contributed by atoms with van der Waals surface area (Å²) >= 11 is 3.75. The number of rotatable bonds is 1. The quantitative estimate of drug-likeness (QED) is 0.406. The van der Waals surface area contributed by atoms with E-state index in [0.29, 0.717) is 5.03 Å². The van der Waals surface area contributed by atoms with Gasteiger partial charge < -0.3 is 11.1 Å². The standard InChI is InChI=1S/C3H8N2S/c1-5-2-3(4)6/h2,5-6H,4H2,1H3/b3-2+. The number of nitrogens with two attached hydrogens (primary N) is 1. The van der Waals surface area contributed by atoms with Crippen molar-refractivity contribution in [3.8, 4) is 0 Å². The van der Waals surface area contributed by atoms with Crippen molar-refractivity contribution in [1.29, 1.82) is 0 Å². The van der Waals surface area contributed by atoms with Crippen LogP contribution >= 0.6 is 12.6 Å². The van der Waals surface area contributed by atoms with Crippen LogP contribution in [0.15, 0.2) is 11.2 Å². The van der Waals surface area contributed by atoms with Gasteiger partial charge in [-0.1, -0.05) is 0 Å². The fraction of sp³-hybridized carbons (Fsp3) is 0.333. The molecule has 0 aliphatic heterocycles. The summed E-state index contributed by atoms with van der Waals surface area (Å²) in [6.07, 6.45) is 1.60. The second kappa shape index (κ2) is 2.90. The van der Waals surface area contributed by atoms with Crippen LogP contribution in [-0.2, 0) is 0 Å². The molecule has 36 valence electrons. The molecule has 0 amide bonds. The fourth-order valence-electron chi connectivity index (χ4n) is 0.148. The van der Waals surface area contributed by atoms with E-state index in [1.165, 1.54) is 0 Å². The highest BCUT2D eigenvalue weighted by Gasteiger charge is 1.66. The van der Waals surface area contributed by atoms with Gasteiger partial charge in [0.05, 0.1) is 5.03 Å². The van der Waals surface area contributed by atoms with E-state index in [4.69, 9.17) is 5.73 Å². The van der Waals surface area contributed by atoms with Crippen LogP contribution in [0.4, 0.5) is 0 Å². The molecule has 0 spiro atoms. The second-order valence-electron chi connectivity index (χ2n) is 0.858. The fourth-order valence-corrected chi connectivity index (χ4v) is 0.277. The van der Waals surface area contributed by atoms with Crippen LogP contribution in [0.5, 0.6) is 0 Å². The zero-order chi connectivity index (χ0) is 4.99. The predicted molar refractivity (Wildman–Crippen MR) is 30.3 cm³/mol. The summed E-state index contributed by atoms with van der Waals surface area (Å²) in [6.45, 7) is 0. The van der Waals surface area contributed by atoms with Gasteiger partial charge in [-0.15, -0.1) is 12.6 Å². The van der Waals surface area contributed by atoms with E-state index < -0.39 is 0 Å². The van der Waals surface area contributed by atoms with Crippen LogP contribution in [0.25, 0.3) is 0 Å². The van der Waals surface area contributed by atoms with Crippen LogP contribution < -0.4 is 11.1 Å². The maximum absolute atomic E-state index is 5.07. The minimum absolute atomic E-state index is 0.498. The van der Waals surface area contributed by atoms with Gasteiger partial charge in [0, 0.05) is 13.2 Å². The third kappa shape index (κ3) is 3.69. The molecule has 0 radical (unpaired) electrons. The van der Waals surface area contributed by atoms with Crippen LogP contribution in [0.1, 0.15) is 0 Å². The summed E-state index contributed by atoms with van der Waals surface area (Å²) in [5.41, 5.74) is 5.07. The highest BCUT2D eigenvalue weighted by Crippen LogP contribution is 1.81. The third-order valence-corrected chi connectivity index (χ3v) is 0.421. The van der Waals surface area contributed by atoms with Crippen molar-refractivity contribution >= 4 is 12.6 Å². The molecule has 6 heavy (non-hydrogen) atoms. The van der Waals surface area contributed by atoms with Crippen LogP contribution in [0.2, 0.25) is 0 Å². The van der Waals surface area contributed by atoms with Gasteiger partial charge in [-0.3, -0.25) is 0 Å². The van der Waals surface area contributed by atoms with Crippen molar-refractivity contribution in [2.75, 3.05) is 7.05 Å². The zero-order valence-corrected chi connectivity index (χ0v) is 4.50. The second-order valence-corrected chi connectivity index (χ2v) is 1.37. The molecule has 0 unspecified atom stereocenters. The first kappa shape index (κ1) is 5.69. The minimum atomic E-state index is 0.498. The number of thiol groups is 1. The third-order valence-electron chi connectivity index (χ3n) is 0.292. The monoisotopic (exact) mass is 104 g/mol. The van der Waals surface area contributed by atoms with E-state index in [1.807, 2.05) is 0 Å². The van der Waals surface area contributed by atoms with Crippen molar-refractivity contribution in [3.05, 3.63) is 11.2 Å². The van der Waals surface area contributed by atoms with Crippen LogP contribution in [-0.4, -0.2) is 7.05 Å². The number of nitrogens with one attached hydrogen (secondary N) is 1. The number of hydrogen-bond donors (Lipinski definition) is 3. The molecule has 0 heterocycles. The van der Waals surface area contributed by atoms with Crippen LogP contribution in [0, 0.1) is 0 Å². The van der Waals surface area contributed by atoms with Crippen molar-refractivity contribution < 1.29 is 0 Å². The molecular weight excluding hydrogens is 96.1 g/mol. The Balaban J connectivity index is 3.14. The summed E-state index contributed by atoms with van der Waals surface area (Å²) < 4.78 is 0. The lowest BCUT2D eigenvalue weighted by molar-refractivity contribution is 1.09. The van der Waals surface area contributed by atoms with Gasteiger partial charge in [-0.25, -0.2) is 0 Å². The van der Waals surface area contributed by atoms with Crippen molar-refractivity contribution in [2.24, 2.45) is 5.73 Å². The van der Waals surface area contributed by atoms with Gasteiger partial charge in [0.25, 0.3) is 0 Å². The molecule has 0 aliphatic carbocycles. The van der Waals surface area contributed by atoms with Gasteiger partial charge in [-0.2, -0.15) is 0 Å². The van der Waals surface area contributed by atoms with Crippen molar-refractivity contribution in [1.82, 2.24) is 5.32 Å². The molecule has 0 bridgehead atoms. The summed E-state index contributed by atoms with van der Waals surface area (Å²) in [4.78, 5) is 0. The summed E-state index contributed by atoms with van der Waals surface area (Å²) in [7, 11) is 1.77. The van der Waals surface area contributed by atoms with Gasteiger partial charge in [0.15, 0.2) is 0 Å². The van der Waals surface area contributed by atoms with Crippen LogP contribution in [0.3, 0.4) is 0 Å². The summed E-state index contributed by atoms with van der Waals surface area (Å²) in [5, 5.41) is 3.20. The molecule has 0 aromatic rings. The largest absolute Gasteiger partial charge is 0.393 e. The topological polar surface area (TPSA) is 38.0 Å². The molecule has 0 saturated heterocycles. The van der Waals surface area contributed by atoms with Crippen molar-refractivity contribution in [2.45, 2.75) is 0 Å². The van der Waals surface area contributed by atoms with Gasteiger partial charge in [0.1, 0.15) is 0 Å². The van der Waals surface area contributed by atoms with E-state index in [0.717, 1.165) is 0 Å².